The molecule has 1 fully saturated rings. The van der Waals surface area contributed by atoms with Gasteiger partial charge in [-0.15, -0.1) is 0 Å². The molecule has 0 unspecified atom stereocenters. The van der Waals surface area contributed by atoms with Crippen molar-refractivity contribution in [2.24, 2.45) is 11.8 Å². The van der Waals surface area contributed by atoms with Crippen LogP contribution in [0.3, 0.4) is 0 Å². The molecule has 4 heteroatoms. The van der Waals surface area contributed by atoms with Crippen molar-refractivity contribution in [3.05, 3.63) is 12.2 Å². The van der Waals surface area contributed by atoms with Gasteiger partial charge in [0.1, 0.15) is 0 Å². The Balaban J connectivity index is 1.85. The number of carbonyl (C=O) groups is 2. The van der Waals surface area contributed by atoms with Gasteiger partial charge in [0, 0.05) is 19.5 Å². The second-order valence-electron chi connectivity index (χ2n) is 4.99. The zero-order valence-corrected chi connectivity index (χ0v) is 9.97. The average molecular weight is 237 g/mol. The van der Waals surface area contributed by atoms with Crippen molar-refractivity contribution in [2.75, 3.05) is 13.1 Å². The van der Waals surface area contributed by atoms with E-state index in [9.17, 15) is 9.59 Å². The first-order chi connectivity index (χ1) is 8.16. The van der Waals surface area contributed by atoms with E-state index in [1.807, 2.05) is 0 Å². The van der Waals surface area contributed by atoms with E-state index >= 15 is 0 Å². The predicted octanol–water partition coefficient (Wildman–Crippen LogP) is 1.67. The summed E-state index contributed by atoms with van der Waals surface area (Å²) in [6.07, 6.45) is 8.40. The number of carboxylic acids is 1. The predicted molar refractivity (Wildman–Crippen MR) is 63.4 cm³/mol. The number of hydrogen-bond acceptors (Lipinski definition) is 2. The minimum atomic E-state index is -0.775. The first kappa shape index (κ1) is 12.1. The molecule has 94 valence electrons. The lowest BCUT2D eigenvalue weighted by atomic mass is 9.97. The van der Waals surface area contributed by atoms with Gasteiger partial charge in [0.15, 0.2) is 0 Å². The standard InChI is InChI=1S/C13H19NO3/c15-12(8-10-4-1-2-5-10)14-7-3-6-11(9-14)13(16)17/h1,4,10-11H,2-3,5-9H2,(H,16,17)/t10-,11+/m0/s1. The van der Waals surface area contributed by atoms with Gasteiger partial charge in [-0.2, -0.15) is 0 Å². The lowest BCUT2D eigenvalue weighted by molar-refractivity contribution is -0.145. The van der Waals surface area contributed by atoms with Crippen molar-refractivity contribution < 1.29 is 14.7 Å². The summed E-state index contributed by atoms with van der Waals surface area (Å²) in [5.41, 5.74) is 0. The second kappa shape index (κ2) is 5.34. The Morgan fingerprint density at radius 1 is 1.35 bits per heavy atom. The Morgan fingerprint density at radius 3 is 2.82 bits per heavy atom. The Morgan fingerprint density at radius 2 is 2.18 bits per heavy atom. The van der Waals surface area contributed by atoms with Crippen LogP contribution in [0.2, 0.25) is 0 Å². The highest BCUT2D eigenvalue weighted by molar-refractivity contribution is 5.78. The van der Waals surface area contributed by atoms with E-state index in [4.69, 9.17) is 5.11 Å². The van der Waals surface area contributed by atoms with E-state index in [-0.39, 0.29) is 11.8 Å². The van der Waals surface area contributed by atoms with E-state index in [1.165, 1.54) is 0 Å². The largest absolute Gasteiger partial charge is 0.481 e. The van der Waals surface area contributed by atoms with E-state index in [0.29, 0.717) is 25.3 Å². The smallest absolute Gasteiger partial charge is 0.308 e. The molecule has 0 aromatic carbocycles. The Labute approximate surface area is 101 Å². The first-order valence-electron chi connectivity index (χ1n) is 6.34. The van der Waals surface area contributed by atoms with Gasteiger partial charge in [0.05, 0.1) is 5.92 Å². The third kappa shape index (κ3) is 3.08. The van der Waals surface area contributed by atoms with Crippen molar-refractivity contribution in [2.45, 2.75) is 32.1 Å². The number of likely N-dealkylation sites (tertiary alicyclic amines) is 1. The lowest BCUT2D eigenvalue weighted by Crippen LogP contribution is -2.42. The molecule has 4 nitrogen and oxygen atoms in total. The fraction of sp³-hybridized carbons (Fsp3) is 0.692. The summed E-state index contributed by atoms with van der Waals surface area (Å²) < 4.78 is 0. The summed E-state index contributed by atoms with van der Waals surface area (Å²) in [6, 6.07) is 0. The molecule has 1 N–H and O–H groups in total. The number of nitrogens with zero attached hydrogens (tertiary/aromatic N) is 1. The zero-order valence-electron chi connectivity index (χ0n) is 9.97. The number of carbonyl (C=O) groups excluding carboxylic acids is 1. The number of hydrogen-bond donors (Lipinski definition) is 1. The molecular weight excluding hydrogens is 218 g/mol. The minimum Gasteiger partial charge on any atom is -0.481 e. The Kier molecular flexibility index (Phi) is 3.82. The molecule has 2 rings (SSSR count). The Hall–Kier alpha value is -1.32. The fourth-order valence-corrected chi connectivity index (χ4v) is 2.62. The molecule has 1 heterocycles. The van der Waals surface area contributed by atoms with Gasteiger partial charge in [0.25, 0.3) is 0 Å². The van der Waals surface area contributed by atoms with Gasteiger partial charge < -0.3 is 10.0 Å². The third-order valence-corrected chi connectivity index (χ3v) is 3.67. The lowest BCUT2D eigenvalue weighted by Gasteiger charge is -2.31. The van der Waals surface area contributed by atoms with E-state index in [0.717, 1.165) is 25.8 Å². The first-order valence-corrected chi connectivity index (χ1v) is 6.34. The maximum Gasteiger partial charge on any atom is 0.308 e. The molecule has 2 atom stereocenters. The van der Waals surface area contributed by atoms with Crippen molar-refractivity contribution in [1.29, 1.82) is 0 Å². The number of aliphatic carboxylic acids is 1. The van der Waals surface area contributed by atoms with Crippen molar-refractivity contribution in [1.82, 2.24) is 4.90 Å². The fourth-order valence-electron chi connectivity index (χ4n) is 2.62. The summed E-state index contributed by atoms with van der Waals surface area (Å²) >= 11 is 0. The number of allylic oxidation sites excluding steroid dienone is 2. The van der Waals surface area contributed by atoms with Crippen LogP contribution in [-0.2, 0) is 9.59 Å². The highest BCUT2D eigenvalue weighted by Gasteiger charge is 2.28. The summed E-state index contributed by atoms with van der Waals surface area (Å²) in [7, 11) is 0. The van der Waals surface area contributed by atoms with E-state index in [2.05, 4.69) is 12.2 Å². The van der Waals surface area contributed by atoms with Gasteiger partial charge in [-0.25, -0.2) is 0 Å². The molecule has 0 saturated carbocycles. The van der Waals surface area contributed by atoms with Crippen LogP contribution in [0, 0.1) is 11.8 Å². The molecule has 0 aromatic rings. The SMILES string of the molecule is O=C(O)[C@@H]1CCCN(C(=O)C[C@H]2C=CCC2)C1. The molecule has 1 saturated heterocycles. The quantitative estimate of drug-likeness (QED) is 0.759. The molecule has 1 amide bonds. The molecule has 0 radical (unpaired) electrons. The van der Waals surface area contributed by atoms with Crippen LogP contribution in [0.5, 0.6) is 0 Å². The van der Waals surface area contributed by atoms with Crippen molar-refractivity contribution in [3.8, 4) is 0 Å². The van der Waals surface area contributed by atoms with Crippen LogP contribution < -0.4 is 0 Å². The summed E-state index contributed by atoms with van der Waals surface area (Å²) in [4.78, 5) is 24.7. The average Bonchev–Trinajstić information content (AvgIpc) is 2.82. The third-order valence-electron chi connectivity index (χ3n) is 3.67. The summed E-state index contributed by atoms with van der Waals surface area (Å²) in [6.45, 7) is 1.11. The maximum atomic E-state index is 12.0. The molecule has 1 aliphatic heterocycles. The molecule has 0 bridgehead atoms. The molecular formula is C13H19NO3. The monoisotopic (exact) mass is 237 g/mol. The molecule has 17 heavy (non-hydrogen) atoms. The van der Waals surface area contributed by atoms with Crippen LogP contribution in [0.25, 0.3) is 0 Å². The van der Waals surface area contributed by atoms with E-state index < -0.39 is 5.97 Å². The highest BCUT2D eigenvalue weighted by atomic mass is 16.4. The van der Waals surface area contributed by atoms with Crippen LogP contribution >= 0.6 is 0 Å². The molecule has 1 aliphatic carbocycles. The van der Waals surface area contributed by atoms with Crippen LogP contribution in [0.1, 0.15) is 32.1 Å². The van der Waals surface area contributed by atoms with Crippen LogP contribution in [0.4, 0.5) is 0 Å². The van der Waals surface area contributed by atoms with Gasteiger partial charge in [0.2, 0.25) is 5.91 Å². The van der Waals surface area contributed by atoms with Crippen molar-refractivity contribution in [3.63, 3.8) is 0 Å². The normalized spacial score (nSPS) is 28.4. The van der Waals surface area contributed by atoms with Crippen LogP contribution in [0.15, 0.2) is 12.2 Å². The van der Waals surface area contributed by atoms with Gasteiger partial charge in [-0.1, -0.05) is 12.2 Å². The second-order valence-corrected chi connectivity index (χ2v) is 4.99. The topological polar surface area (TPSA) is 57.6 Å². The summed E-state index contributed by atoms with van der Waals surface area (Å²) in [5.74, 6) is -0.657. The highest BCUT2D eigenvalue weighted by Crippen LogP contribution is 2.23. The van der Waals surface area contributed by atoms with Crippen molar-refractivity contribution >= 4 is 11.9 Å². The van der Waals surface area contributed by atoms with E-state index in [1.54, 1.807) is 4.90 Å². The number of amides is 1. The van der Waals surface area contributed by atoms with Crippen LogP contribution in [-0.4, -0.2) is 35.0 Å². The minimum absolute atomic E-state index is 0.118. The summed E-state index contributed by atoms with van der Waals surface area (Å²) in [5, 5.41) is 8.97. The molecule has 2 aliphatic rings. The van der Waals surface area contributed by atoms with Gasteiger partial charge in [-0.05, 0) is 31.6 Å². The zero-order chi connectivity index (χ0) is 12.3. The number of piperidine rings is 1. The molecule has 0 aromatic heterocycles. The maximum absolute atomic E-state index is 12.0. The number of rotatable bonds is 3. The van der Waals surface area contributed by atoms with Gasteiger partial charge >= 0.3 is 5.97 Å². The Bertz CT molecular complexity index is 338. The van der Waals surface area contributed by atoms with Gasteiger partial charge in [-0.3, -0.25) is 9.59 Å². The molecule has 0 spiro atoms. The number of carboxylic acid groups (broad SMARTS) is 1.